The Labute approximate surface area is 117 Å². The lowest BCUT2D eigenvalue weighted by molar-refractivity contribution is -0.145. The van der Waals surface area contributed by atoms with Crippen LogP contribution in [0.1, 0.15) is 22.8 Å². The second-order valence-corrected chi connectivity index (χ2v) is 4.88. The van der Waals surface area contributed by atoms with Crippen LogP contribution in [0.15, 0.2) is 17.3 Å². The number of nitrogens with zero attached hydrogens (tertiary/aromatic N) is 3. The summed E-state index contributed by atoms with van der Waals surface area (Å²) in [5.74, 6) is -1.23. The fourth-order valence-corrected chi connectivity index (χ4v) is 2.36. The molecule has 0 saturated carbocycles. The first kappa shape index (κ1) is 13.8. The summed E-state index contributed by atoms with van der Waals surface area (Å²) in [4.78, 5) is 26.0. The topological polar surface area (TPSA) is 77.7 Å². The monoisotopic (exact) mass is 299 g/mol. The molecule has 0 saturated heterocycles. The molecule has 2 N–H and O–H groups in total. The summed E-state index contributed by atoms with van der Waals surface area (Å²) in [6, 6.07) is 0. The molecule has 0 fully saturated rings. The molecule has 0 spiro atoms. The van der Waals surface area contributed by atoms with E-state index < -0.39 is 17.6 Å². The number of aromatic amines is 2. The minimum Gasteiger partial charge on any atom is -0.347 e. The number of alkyl halides is 3. The molecular formula is C12H12F3N5O. The molecule has 0 aliphatic carbocycles. The average Bonchev–Trinajstić information content (AvgIpc) is 2.91. The Kier molecular flexibility index (Phi) is 3.28. The standard InChI is InChI=1S/C12H12F3N5O/c13-12(14,15)11-18-9-1-2-20(4-7-3-16-6-17-7)5-8(9)10(21)19-11/h3,6H,1-2,4-5H2,(H,16,17)(H,18,19,21). The fraction of sp³-hybridized carbons (Fsp3) is 0.417. The molecule has 0 radical (unpaired) electrons. The van der Waals surface area contributed by atoms with E-state index in [0.29, 0.717) is 25.1 Å². The van der Waals surface area contributed by atoms with Crippen molar-refractivity contribution in [3.05, 3.63) is 45.7 Å². The molecule has 6 nitrogen and oxygen atoms in total. The number of H-pyrrole nitrogens is 2. The highest BCUT2D eigenvalue weighted by atomic mass is 19.4. The first-order valence-electron chi connectivity index (χ1n) is 6.32. The van der Waals surface area contributed by atoms with Crippen LogP contribution in [-0.2, 0) is 25.7 Å². The van der Waals surface area contributed by atoms with Crippen LogP contribution in [0.5, 0.6) is 0 Å². The van der Waals surface area contributed by atoms with Gasteiger partial charge in [0, 0.05) is 37.9 Å². The van der Waals surface area contributed by atoms with Crippen molar-refractivity contribution in [1.29, 1.82) is 0 Å². The van der Waals surface area contributed by atoms with Gasteiger partial charge >= 0.3 is 6.18 Å². The highest BCUT2D eigenvalue weighted by Gasteiger charge is 2.35. The van der Waals surface area contributed by atoms with E-state index in [4.69, 9.17) is 0 Å². The van der Waals surface area contributed by atoms with Crippen LogP contribution in [0.3, 0.4) is 0 Å². The lowest BCUT2D eigenvalue weighted by Gasteiger charge is -2.27. The van der Waals surface area contributed by atoms with Crippen LogP contribution < -0.4 is 5.56 Å². The molecule has 112 valence electrons. The van der Waals surface area contributed by atoms with Crippen LogP contribution in [0.25, 0.3) is 0 Å². The number of fused-ring (bicyclic) bond motifs is 1. The number of hydrogen-bond donors (Lipinski definition) is 2. The Bertz CT molecular complexity index is 692. The third kappa shape index (κ3) is 2.82. The van der Waals surface area contributed by atoms with Gasteiger partial charge in [-0.3, -0.25) is 9.69 Å². The van der Waals surface area contributed by atoms with Crippen molar-refractivity contribution in [2.75, 3.05) is 6.54 Å². The van der Waals surface area contributed by atoms with E-state index in [1.165, 1.54) is 0 Å². The van der Waals surface area contributed by atoms with Gasteiger partial charge < -0.3 is 9.97 Å². The first-order chi connectivity index (χ1) is 9.93. The Morgan fingerprint density at radius 3 is 2.86 bits per heavy atom. The Morgan fingerprint density at radius 1 is 1.38 bits per heavy atom. The molecule has 3 rings (SSSR count). The second-order valence-electron chi connectivity index (χ2n) is 4.88. The number of hydrogen-bond acceptors (Lipinski definition) is 4. The van der Waals surface area contributed by atoms with Crippen molar-refractivity contribution in [2.24, 2.45) is 0 Å². The number of imidazole rings is 1. The van der Waals surface area contributed by atoms with Gasteiger partial charge in [-0.15, -0.1) is 0 Å². The molecular weight excluding hydrogens is 287 g/mol. The van der Waals surface area contributed by atoms with Gasteiger partial charge in [-0.2, -0.15) is 13.2 Å². The molecule has 2 aromatic rings. The largest absolute Gasteiger partial charge is 0.449 e. The van der Waals surface area contributed by atoms with E-state index in [0.717, 1.165) is 5.69 Å². The molecule has 0 bridgehead atoms. The zero-order valence-electron chi connectivity index (χ0n) is 10.9. The van der Waals surface area contributed by atoms with Crippen molar-refractivity contribution < 1.29 is 13.2 Å². The minimum absolute atomic E-state index is 0.229. The zero-order valence-corrected chi connectivity index (χ0v) is 10.9. The summed E-state index contributed by atoms with van der Waals surface area (Å²) in [5.41, 5.74) is 0.692. The van der Waals surface area contributed by atoms with E-state index in [1.54, 1.807) is 12.5 Å². The molecule has 1 aliphatic rings. The number of halogens is 3. The summed E-state index contributed by atoms with van der Waals surface area (Å²) < 4.78 is 37.8. The maximum absolute atomic E-state index is 12.6. The van der Waals surface area contributed by atoms with Gasteiger partial charge in [-0.1, -0.05) is 0 Å². The molecule has 3 heterocycles. The summed E-state index contributed by atoms with van der Waals surface area (Å²) in [6.45, 7) is 1.37. The van der Waals surface area contributed by atoms with Gasteiger partial charge in [0.05, 0.1) is 17.6 Å². The average molecular weight is 299 g/mol. The van der Waals surface area contributed by atoms with Gasteiger partial charge in [0.2, 0.25) is 5.82 Å². The fourth-order valence-electron chi connectivity index (χ4n) is 2.36. The van der Waals surface area contributed by atoms with E-state index >= 15 is 0 Å². The van der Waals surface area contributed by atoms with Crippen LogP contribution in [0.4, 0.5) is 13.2 Å². The van der Waals surface area contributed by atoms with E-state index in [-0.39, 0.29) is 12.2 Å². The van der Waals surface area contributed by atoms with Crippen LogP contribution in [0.2, 0.25) is 0 Å². The first-order valence-corrected chi connectivity index (χ1v) is 6.32. The summed E-state index contributed by atoms with van der Waals surface area (Å²) >= 11 is 0. The lowest BCUT2D eigenvalue weighted by atomic mass is 10.1. The molecule has 0 aromatic carbocycles. The van der Waals surface area contributed by atoms with Gasteiger partial charge in [0.25, 0.3) is 5.56 Å². The van der Waals surface area contributed by atoms with Crippen LogP contribution >= 0.6 is 0 Å². The van der Waals surface area contributed by atoms with Crippen LogP contribution in [0, 0.1) is 0 Å². The zero-order chi connectivity index (χ0) is 15.0. The highest BCUT2D eigenvalue weighted by molar-refractivity contribution is 5.21. The maximum atomic E-state index is 12.6. The van der Waals surface area contributed by atoms with Crippen molar-refractivity contribution in [3.8, 4) is 0 Å². The van der Waals surface area contributed by atoms with Crippen molar-refractivity contribution >= 4 is 0 Å². The molecule has 2 aromatic heterocycles. The third-order valence-electron chi connectivity index (χ3n) is 3.36. The van der Waals surface area contributed by atoms with Gasteiger partial charge in [-0.05, 0) is 0 Å². The Balaban J connectivity index is 1.85. The molecule has 0 unspecified atom stereocenters. The van der Waals surface area contributed by atoms with Crippen molar-refractivity contribution in [3.63, 3.8) is 0 Å². The number of nitrogens with one attached hydrogen (secondary N) is 2. The summed E-state index contributed by atoms with van der Waals surface area (Å²) in [5, 5.41) is 0. The third-order valence-corrected chi connectivity index (χ3v) is 3.36. The quantitative estimate of drug-likeness (QED) is 0.869. The molecule has 1 aliphatic heterocycles. The summed E-state index contributed by atoms with van der Waals surface area (Å²) in [7, 11) is 0. The number of aromatic nitrogens is 4. The smallest absolute Gasteiger partial charge is 0.347 e. The normalized spacial score (nSPS) is 16.0. The van der Waals surface area contributed by atoms with E-state index in [9.17, 15) is 18.0 Å². The van der Waals surface area contributed by atoms with Gasteiger partial charge in [0.1, 0.15) is 0 Å². The van der Waals surface area contributed by atoms with Crippen LogP contribution in [-0.4, -0.2) is 31.4 Å². The molecule has 0 atom stereocenters. The highest BCUT2D eigenvalue weighted by Crippen LogP contribution is 2.26. The molecule has 0 amide bonds. The number of rotatable bonds is 2. The second kappa shape index (κ2) is 4.99. The lowest BCUT2D eigenvalue weighted by Crippen LogP contribution is -2.36. The van der Waals surface area contributed by atoms with E-state index in [1.807, 2.05) is 9.88 Å². The van der Waals surface area contributed by atoms with Crippen molar-refractivity contribution in [1.82, 2.24) is 24.8 Å². The van der Waals surface area contributed by atoms with Gasteiger partial charge in [-0.25, -0.2) is 9.97 Å². The molecule has 21 heavy (non-hydrogen) atoms. The Morgan fingerprint density at radius 2 is 2.19 bits per heavy atom. The minimum atomic E-state index is -4.64. The predicted octanol–water partition coefficient (Wildman–Crippen LogP) is 1.07. The van der Waals surface area contributed by atoms with E-state index in [2.05, 4.69) is 15.0 Å². The Hall–Kier alpha value is -2.16. The predicted molar refractivity (Wildman–Crippen MR) is 66.3 cm³/mol. The SMILES string of the molecule is O=c1[nH]c(C(F)(F)F)nc2c1CN(Cc1cnc[nH]1)CC2. The summed E-state index contributed by atoms with van der Waals surface area (Å²) in [6.07, 6.45) is -1.10. The molecule has 9 heteroatoms. The van der Waals surface area contributed by atoms with Crippen molar-refractivity contribution in [2.45, 2.75) is 25.7 Å². The maximum Gasteiger partial charge on any atom is 0.449 e. The van der Waals surface area contributed by atoms with Gasteiger partial charge in [0.15, 0.2) is 0 Å².